The maximum absolute atomic E-state index is 13.1. The number of alkyl halides is 2. The molecule has 0 atom stereocenters. The fraction of sp³-hybridized carbons (Fsp3) is 0.462. The summed E-state index contributed by atoms with van der Waals surface area (Å²) in [5.41, 5.74) is 3.23. The number of hydrogen-bond donors (Lipinski definition) is 1. The van der Waals surface area contributed by atoms with Gasteiger partial charge in [-0.3, -0.25) is 0 Å². The Hall–Kier alpha value is -3.40. The topological polar surface area (TPSA) is 82.2 Å². The SMILES string of the molecule is C=CCCOC1(C)CCC(Nc2ncc3c(-c4ccc5nc(C)n(CC(F)F)c5n4)ccn3n2)CC1. The second kappa shape index (κ2) is 9.93. The average molecular weight is 496 g/mol. The molecule has 0 aromatic carbocycles. The Balaban J connectivity index is 1.32. The fourth-order valence-electron chi connectivity index (χ4n) is 4.89. The van der Waals surface area contributed by atoms with Crippen LogP contribution in [0.25, 0.3) is 27.9 Å². The van der Waals surface area contributed by atoms with Crippen molar-refractivity contribution in [2.75, 3.05) is 11.9 Å². The summed E-state index contributed by atoms with van der Waals surface area (Å²) in [4.78, 5) is 13.6. The van der Waals surface area contributed by atoms with E-state index in [-0.39, 0.29) is 11.6 Å². The molecule has 1 saturated carbocycles. The fourth-order valence-corrected chi connectivity index (χ4v) is 4.89. The number of aromatic nitrogens is 6. The minimum absolute atomic E-state index is 0.0847. The summed E-state index contributed by atoms with van der Waals surface area (Å²) >= 11 is 0. The molecule has 8 nitrogen and oxygen atoms in total. The minimum atomic E-state index is -2.48. The van der Waals surface area contributed by atoms with Gasteiger partial charge in [0.15, 0.2) is 5.65 Å². The van der Waals surface area contributed by atoms with Crippen LogP contribution in [0.15, 0.2) is 43.2 Å². The summed E-state index contributed by atoms with van der Waals surface area (Å²) < 4.78 is 35.5. The smallest absolute Gasteiger partial charge is 0.256 e. The van der Waals surface area contributed by atoms with Crippen LogP contribution in [0, 0.1) is 6.92 Å². The number of ether oxygens (including phenoxy) is 1. The molecular formula is C26H31F2N7O. The summed E-state index contributed by atoms with van der Waals surface area (Å²) in [6, 6.07) is 5.86. The zero-order chi connectivity index (χ0) is 25.3. The number of pyridine rings is 1. The molecule has 0 unspecified atom stereocenters. The van der Waals surface area contributed by atoms with E-state index in [9.17, 15) is 8.78 Å². The zero-order valence-corrected chi connectivity index (χ0v) is 20.6. The summed E-state index contributed by atoms with van der Waals surface area (Å²) in [5, 5.41) is 8.11. The summed E-state index contributed by atoms with van der Waals surface area (Å²) in [7, 11) is 0. The van der Waals surface area contributed by atoms with E-state index in [0.717, 1.165) is 43.2 Å². The lowest BCUT2D eigenvalue weighted by Crippen LogP contribution is -2.38. The van der Waals surface area contributed by atoms with Crippen LogP contribution in [-0.2, 0) is 11.3 Å². The molecule has 0 amide bonds. The summed E-state index contributed by atoms with van der Waals surface area (Å²) in [6.45, 7) is 7.92. The molecule has 190 valence electrons. The second-order valence-electron chi connectivity index (χ2n) is 9.64. The molecule has 5 rings (SSSR count). The maximum atomic E-state index is 13.1. The Labute approximate surface area is 208 Å². The van der Waals surface area contributed by atoms with Crippen molar-refractivity contribution in [1.82, 2.24) is 29.1 Å². The van der Waals surface area contributed by atoms with Gasteiger partial charge in [-0.05, 0) is 64.2 Å². The minimum Gasteiger partial charge on any atom is -0.375 e. The van der Waals surface area contributed by atoms with E-state index in [4.69, 9.17) is 4.74 Å². The molecule has 1 aliphatic rings. The molecule has 1 N–H and O–H groups in total. The number of anilines is 1. The van der Waals surface area contributed by atoms with Crippen LogP contribution in [0.2, 0.25) is 0 Å². The highest BCUT2D eigenvalue weighted by Gasteiger charge is 2.32. The van der Waals surface area contributed by atoms with E-state index >= 15 is 0 Å². The number of imidazole rings is 1. The first kappa shape index (κ1) is 24.3. The van der Waals surface area contributed by atoms with E-state index in [0.29, 0.717) is 35.2 Å². The molecule has 4 heterocycles. The third-order valence-electron chi connectivity index (χ3n) is 6.95. The van der Waals surface area contributed by atoms with Gasteiger partial charge in [-0.1, -0.05) is 6.08 Å². The third-order valence-corrected chi connectivity index (χ3v) is 6.95. The van der Waals surface area contributed by atoms with Crippen LogP contribution >= 0.6 is 0 Å². The van der Waals surface area contributed by atoms with Crippen LogP contribution in [0.1, 0.15) is 44.9 Å². The van der Waals surface area contributed by atoms with Crippen molar-refractivity contribution < 1.29 is 13.5 Å². The number of nitrogens with zero attached hydrogens (tertiary/aromatic N) is 6. The Morgan fingerprint density at radius 3 is 2.81 bits per heavy atom. The predicted octanol–water partition coefficient (Wildman–Crippen LogP) is 5.42. The van der Waals surface area contributed by atoms with Crippen molar-refractivity contribution in [2.24, 2.45) is 0 Å². The largest absolute Gasteiger partial charge is 0.375 e. The van der Waals surface area contributed by atoms with Gasteiger partial charge in [-0.15, -0.1) is 11.7 Å². The molecule has 0 saturated heterocycles. The Kier molecular flexibility index (Phi) is 6.70. The third kappa shape index (κ3) is 4.95. The zero-order valence-electron chi connectivity index (χ0n) is 20.6. The van der Waals surface area contributed by atoms with Gasteiger partial charge in [0.05, 0.1) is 36.2 Å². The van der Waals surface area contributed by atoms with E-state index in [2.05, 4.69) is 38.9 Å². The van der Waals surface area contributed by atoms with Crippen LogP contribution in [0.5, 0.6) is 0 Å². The molecule has 0 radical (unpaired) electrons. The number of fused-ring (bicyclic) bond motifs is 2. The molecule has 0 aliphatic heterocycles. The molecule has 36 heavy (non-hydrogen) atoms. The molecule has 4 aromatic rings. The lowest BCUT2D eigenvalue weighted by atomic mass is 9.83. The standard InChI is InChI=1S/C26H31F2N7O/c1-4-5-14-36-26(3)11-8-18(9-12-26)31-25-29-15-22-19(10-13-35(22)33-25)20-6-7-21-24(32-20)34(16-23(27)28)17(2)30-21/h4,6-7,10,13,15,18,23H,1,5,8-9,11-12,14,16H2,2-3H3,(H,31,33). The van der Waals surface area contributed by atoms with E-state index in [1.807, 2.05) is 30.5 Å². The van der Waals surface area contributed by atoms with Gasteiger partial charge in [0.2, 0.25) is 5.95 Å². The van der Waals surface area contributed by atoms with Crippen LogP contribution in [0.4, 0.5) is 14.7 Å². The lowest BCUT2D eigenvalue weighted by molar-refractivity contribution is -0.0557. The molecular weight excluding hydrogens is 464 g/mol. The summed E-state index contributed by atoms with van der Waals surface area (Å²) in [5.74, 6) is 1.09. The van der Waals surface area contributed by atoms with Gasteiger partial charge in [0, 0.05) is 17.8 Å². The Morgan fingerprint density at radius 1 is 1.25 bits per heavy atom. The molecule has 10 heteroatoms. The first-order valence-electron chi connectivity index (χ1n) is 12.3. The monoisotopic (exact) mass is 495 g/mol. The maximum Gasteiger partial charge on any atom is 0.256 e. The molecule has 0 spiro atoms. The van der Waals surface area contributed by atoms with Crippen LogP contribution < -0.4 is 5.32 Å². The van der Waals surface area contributed by atoms with E-state index in [1.165, 1.54) is 4.57 Å². The highest BCUT2D eigenvalue weighted by atomic mass is 19.3. The van der Waals surface area contributed by atoms with Gasteiger partial charge >= 0.3 is 0 Å². The van der Waals surface area contributed by atoms with Crippen molar-refractivity contribution in [3.05, 3.63) is 49.1 Å². The lowest BCUT2D eigenvalue weighted by Gasteiger charge is -2.37. The first-order valence-corrected chi connectivity index (χ1v) is 12.3. The van der Waals surface area contributed by atoms with Gasteiger partial charge in [-0.2, -0.15) is 0 Å². The van der Waals surface area contributed by atoms with Crippen molar-refractivity contribution in [3.8, 4) is 11.3 Å². The highest BCUT2D eigenvalue weighted by Crippen LogP contribution is 2.33. The van der Waals surface area contributed by atoms with Crippen molar-refractivity contribution in [1.29, 1.82) is 0 Å². The average Bonchev–Trinajstić information content (AvgIpc) is 3.41. The number of hydrogen-bond acceptors (Lipinski definition) is 6. The highest BCUT2D eigenvalue weighted by molar-refractivity contribution is 5.82. The van der Waals surface area contributed by atoms with Gasteiger partial charge in [0.1, 0.15) is 11.3 Å². The normalized spacial score (nSPS) is 20.4. The first-order chi connectivity index (χ1) is 17.3. The van der Waals surface area contributed by atoms with Crippen molar-refractivity contribution in [2.45, 2.75) is 70.6 Å². The Bertz CT molecular complexity index is 1370. The Morgan fingerprint density at radius 2 is 2.06 bits per heavy atom. The van der Waals surface area contributed by atoms with Crippen LogP contribution in [-0.4, -0.2) is 53.8 Å². The number of rotatable bonds is 9. The molecule has 4 aromatic heterocycles. The van der Waals surface area contributed by atoms with Crippen molar-refractivity contribution >= 4 is 22.6 Å². The van der Waals surface area contributed by atoms with E-state index < -0.39 is 13.0 Å². The summed E-state index contributed by atoms with van der Waals surface area (Å²) in [6.07, 6.45) is 7.82. The van der Waals surface area contributed by atoms with E-state index in [1.54, 1.807) is 17.6 Å². The number of aryl methyl sites for hydroxylation is 1. The quantitative estimate of drug-likeness (QED) is 0.247. The molecule has 1 fully saturated rings. The molecule has 0 bridgehead atoms. The van der Waals surface area contributed by atoms with Gasteiger partial charge in [-0.25, -0.2) is 28.2 Å². The molecule has 1 aliphatic carbocycles. The predicted molar refractivity (Wildman–Crippen MR) is 135 cm³/mol. The van der Waals surface area contributed by atoms with Gasteiger partial charge < -0.3 is 14.6 Å². The number of nitrogens with one attached hydrogen (secondary N) is 1. The van der Waals surface area contributed by atoms with Gasteiger partial charge in [0.25, 0.3) is 6.43 Å². The van der Waals surface area contributed by atoms with Crippen molar-refractivity contribution in [3.63, 3.8) is 0 Å². The number of halogens is 2. The second-order valence-corrected chi connectivity index (χ2v) is 9.64. The van der Waals surface area contributed by atoms with Crippen LogP contribution in [0.3, 0.4) is 0 Å².